The first-order valence-electron chi connectivity index (χ1n) is 6.81. The van der Waals surface area contributed by atoms with Gasteiger partial charge in [-0.25, -0.2) is 0 Å². The minimum atomic E-state index is 0.185. The molecule has 0 spiro atoms. The van der Waals surface area contributed by atoms with Gasteiger partial charge in [-0.3, -0.25) is 4.79 Å². The lowest BCUT2D eigenvalue weighted by atomic mass is 10.00. The molecule has 1 fully saturated rings. The van der Waals surface area contributed by atoms with Crippen molar-refractivity contribution in [2.75, 3.05) is 41.5 Å². The number of likely N-dealkylation sites (tertiary alicyclic amines) is 1. The van der Waals surface area contributed by atoms with Gasteiger partial charge in [0.25, 0.3) is 0 Å². The zero-order valence-corrected chi connectivity index (χ0v) is 12.9. The van der Waals surface area contributed by atoms with Crippen LogP contribution >= 0.6 is 0 Å². The van der Waals surface area contributed by atoms with Crippen molar-refractivity contribution >= 4 is 11.9 Å². The Morgan fingerprint density at radius 3 is 2.29 bits per heavy atom. The molecule has 1 saturated heterocycles. The molecule has 0 saturated carbocycles. The average Bonchev–Trinajstić information content (AvgIpc) is 2.50. The summed E-state index contributed by atoms with van der Waals surface area (Å²) < 4.78 is 16.0. The van der Waals surface area contributed by atoms with Gasteiger partial charge in [0.15, 0.2) is 17.3 Å². The summed E-state index contributed by atoms with van der Waals surface area (Å²) in [7, 11) is 6.76. The van der Waals surface area contributed by atoms with Crippen molar-refractivity contribution in [2.24, 2.45) is 0 Å². The van der Waals surface area contributed by atoms with E-state index >= 15 is 0 Å². The summed E-state index contributed by atoms with van der Waals surface area (Å²) in [6, 6.07) is 3.59. The summed E-state index contributed by atoms with van der Waals surface area (Å²) in [5.41, 5.74) is 1.60. The van der Waals surface area contributed by atoms with Crippen LogP contribution in [0.2, 0.25) is 0 Å². The van der Waals surface area contributed by atoms with Gasteiger partial charge >= 0.3 is 0 Å². The van der Waals surface area contributed by atoms with Crippen LogP contribution in [-0.2, 0) is 4.79 Å². The molecule has 114 valence electrons. The van der Waals surface area contributed by atoms with Gasteiger partial charge in [0.05, 0.1) is 21.3 Å². The highest BCUT2D eigenvalue weighted by Crippen LogP contribution is 2.36. The number of benzene rings is 1. The number of piperidine rings is 1. The fourth-order valence-corrected chi connectivity index (χ4v) is 2.39. The van der Waals surface area contributed by atoms with Gasteiger partial charge in [-0.2, -0.15) is 0 Å². The van der Waals surface area contributed by atoms with Crippen LogP contribution < -0.4 is 14.2 Å². The Kier molecular flexibility index (Phi) is 4.85. The molecular weight excluding hydrogens is 270 g/mol. The van der Waals surface area contributed by atoms with Gasteiger partial charge in [-0.15, -0.1) is 0 Å². The number of methoxy groups -OCH3 is 3. The second-order valence-corrected chi connectivity index (χ2v) is 5.03. The summed E-state index contributed by atoms with van der Waals surface area (Å²) in [4.78, 5) is 14.2. The molecule has 0 amide bonds. The molecule has 0 aromatic heterocycles. The SMILES string of the molecule is COc1cc(OC)c(OC)cc1/C=C1\CN(C)CCC1=O. The number of hydrogen-bond acceptors (Lipinski definition) is 5. The standard InChI is InChI=1S/C16H21NO4/c1-17-6-5-13(18)12(10-17)7-11-8-15(20-3)16(21-4)9-14(11)19-2/h7-9H,5-6,10H2,1-4H3/b12-7+. The number of carbonyl (C=O) groups is 1. The second-order valence-electron chi connectivity index (χ2n) is 5.03. The molecule has 2 rings (SSSR count). The Hall–Kier alpha value is -2.01. The van der Waals surface area contributed by atoms with Gasteiger partial charge in [0, 0.05) is 36.7 Å². The third-order valence-corrected chi connectivity index (χ3v) is 3.58. The zero-order chi connectivity index (χ0) is 15.4. The summed E-state index contributed by atoms with van der Waals surface area (Å²) in [6.07, 6.45) is 2.43. The van der Waals surface area contributed by atoms with E-state index < -0.39 is 0 Å². The molecule has 5 nitrogen and oxygen atoms in total. The van der Waals surface area contributed by atoms with Gasteiger partial charge in [0.1, 0.15) is 5.75 Å². The van der Waals surface area contributed by atoms with E-state index in [0.717, 1.165) is 17.7 Å². The number of rotatable bonds is 4. The second kappa shape index (κ2) is 6.63. The van der Waals surface area contributed by atoms with Crippen molar-refractivity contribution in [1.82, 2.24) is 4.90 Å². The Labute approximate surface area is 125 Å². The van der Waals surface area contributed by atoms with Crippen molar-refractivity contribution in [3.05, 3.63) is 23.3 Å². The van der Waals surface area contributed by atoms with E-state index in [1.807, 2.05) is 19.2 Å². The highest BCUT2D eigenvalue weighted by atomic mass is 16.5. The van der Waals surface area contributed by atoms with Crippen LogP contribution in [0.3, 0.4) is 0 Å². The molecular formula is C16H21NO4. The minimum Gasteiger partial charge on any atom is -0.496 e. The first-order valence-corrected chi connectivity index (χ1v) is 6.81. The molecule has 1 aromatic rings. The summed E-state index contributed by atoms with van der Waals surface area (Å²) >= 11 is 0. The van der Waals surface area contributed by atoms with Crippen LogP contribution in [0.15, 0.2) is 17.7 Å². The van der Waals surface area contributed by atoms with E-state index in [1.54, 1.807) is 27.4 Å². The van der Waals surface area contributed by atoms with E-state index in [-0.39, 0.29) is 5.78 Å². The molecule has 1 aromatic carbocycles. The van der Waals surface area contributed by atoms with Gasteiger partial charge in [-0.1, -0.05) is 0 Å². The smallest absolute Gasteiger partial charge is 0.164 e. The summed E-state index contributed by atoms with van der Waals surface area (Å²) in [5, 5.41) is 0. The third kappa shape index (κ3) is 3.36. The molecule has 0 radical (unpaired) electrons. The van der Waals surface area contributed by atoms with Crippen molar-refractivity contribution in [3.8, 4) is 17.2 Å². The highest BCUT2D eigenvalue weighted by molar-refractivity contribution is 6.01. The normalized spacial score (nSPS) is 17.9. The Morgan fingerprint density at radius 2 is 1.67 bits per heavy atom. The average molecular weight is 291 g/mol. The first-order chi connectivity index (χ1) is 10.1. The van der Waals surface area contributed by atoms with Gasteiger partial charge in [0.2, 0.25) is 0 Å². The molecule has 5 heteroatoms. The molecule has 1 heterocycles. The lowest BCUT2D eigenvalue weighted by Crippen LogP contribution is -2.32. The summed E-state index contributed by atoms with van der Waals surface area (Å²) in [5.74, 6) is 2.05. The minimum absolute atomic E-state index is 0.185. The van der Waals surface area contributed by atoms with Crippen LogP contribution in [0, 0.1) is 0 Å². The topological polar surface area (TPSA) is 48.0 Å². The zero-order valence-electron chi connectivity index (χ0n) is 12.9. The molecule has 0 bridgehead atoms. The van der Waals surface area contributed by atoms with Crippen LogP contribution in [-0.4, -0.2) is 52.1 Å². The van der Waals surface area contributed by atoms with Crippen LogP contribution in [0.1, 0.15) is 12.0 Å². The number of nitrogens with zero attached hydrogens (tertiary/aromatic N) is 1. The van der Waals surface area contributed by atoms with E-state index in [4.69, 9.17) is 14.2 Å². The van der Waals surface area contributed by atoms with E-state index in [0.29, 0.717) is 30.2 Å². The molecule has 0 aliphatic carbocycles. The third-order valence-electron chi connectivity index (χ3n) is 3.58. The van der Waals surface area contributed by atoms with Crippen molar-refractivity contribution in [2.45, 2.75) is 6.42 Å². The number of hydrogen-bond donors (Lipinski definition) is 0. The molecule has 1 aliphatic heterocycles. The quantitative estimate of drug-likeness (QED) is 0.794. The number of ketones is 1. The number of ether oxygens (including phenoxy) is 3. The van der Waals surface area contributed by atoms with Crippen molar-refractivity contribution in [1.29, 1.82) is 0 Å². The maximum atomic E-state index is 12.0. The molecule has 1 aliphatic rings. The summed E-state index contributed by atoms with van der Waals surface area (Å²) in [6.45, 7) is 1.45. The lowest BCUT2D eigenvalue weighted by Gasteiger charge is -2.23. The maximum Gasteiger partial charge on any atom is 0.164 e. The fourth-order valence-electron chi connectivity index (χ4n) is 2.39. The largest absolute Gasteiger partial charge is 0.496 e. The first kappa shape index (κ1) is 15.4. The molecule has 0 atom stereocenters. The monoisotopic (exact) mass is 291 g/mol. The highest BCUT2D eigenvalue weighted by Gasteiger charge is 2.20. The van der Waals surface area contributed by atoms with Crippen molar-refractivity contribution in [3.63, 3.8) is 0 Å². The number of carbonyl (C=O) groups excluding carboxylic acids is 1. The Morgan fingerprint density at radius 1 is 1.05 bits per heavy atom. The predicted octanol–water partition coefficient (Wildman–Crippen LogP) is 2.00. The van der Waals surface area contributed by atoms with E-state index in [2.05, 4.69) is 4.90 Å². The van der Waals surface area contributed by atoms with Crippen LogP contribution in [0.4, 0.5) is 0 Å². The maximum absolute atomic E-state index is 12.0. The number of Topliss-reactive ketones (excluding diaryl/α,β-unsaturated/α-hetero) is 1. The molecule has 21 heavy (non-hydrogen) atoms. The van der Waals surface area contributed by atoms with Gasteiger partial charge < -0.3 is 19.1 Å². The Bertz CT molecular complexity index is 566. The predicted molar refractivity (Wildman–Crippen MR) is 81.2 cm³/mol. The fraction of sp³-hybridized carbons (Fsp3) is 0.438. The number of likely N-dealkylation sites (N-methyl/N-ethyl adjacent to an activating group) is 1. The Balaban J connectivity index is 2.44. The molecule has 0 N–H and O–H groups in total. The van der Waals surface area contributed by atoms with Crippen LogP contribution in [0.5, 0.6) is 17.2 Å². The van der Waals surface area contributed by atoms with Gasteiger partial charge in [-0.05, 0) is 19.2 Å². The molecule has 0 unspecified atom stereocenters. The van der Waals surface area contributed by atoms with Crippen molar-refractivity contribution < 1.29 is 19.0 Å². The van der Waals surface area contributed by atoms with E-state index in [9.17, 15) is 4.79 Å². The van der Waals surface area contributed by atoms with Crippen LogP contribution in [0.25, 0.3) is 6.08 Å². The lowest BCUT2D eigenvalue weighted by molar-refractivity contribution is -0.117. The van der Waals surface area contributed by atoms with E-state index in [1.165, 1.54) is 0 Å².